The second-order valence-electron chi connectivity index (χ2n) is 7.04. The molecule has 2 aromatic carbocycles. The summed E-state index contributed by atoms with van der Waals surface area (Å²) in [5, 5.41) is 2.28. The summed E-state index contributed by atoms with van der Waals surface area (Å²) >= 11 is 0. The molecule has 7 nitrogen and oxygen atoms in total. The summed E-state index contributed by atoms with van der Waals surface area (Å²) in [5.74, 6) is -2.02. The second-order valence-corrected chi connectivity index (χ2v) is 7.04. The van der Waals surface area contributed by atoms with E-state index in [-0.39, 0.29) is 19.0 Å². The number of para-hydroxylation sites is 3. The topological polar surface area (TPSA) is 71.1 Å². The molecule has 2 aliphatic rings. The molecular formula is C21H21F2N3O4. The molecule has 2 aromatic rings. The monoisotopic (exact) mass is 417 g/mol. The molecule has 30 heavy (non-hydrogen) atoms. The predicted octanol–water partition coefficient (Wildman–Crippen LogP) is 2.03. The Morgan fingerprint density at radius 3 is 2.47 bits per heavy atom. The highest BCUT2D eigenvalue weighted by Gasteiger charge is 2.34. The lowest BCUT2D eigenvalue weighted by atomic mass is 10.1. The number of nitrogens with one attached hydrogen (secondary N) is 1. The van der Waals surface area contributed by atoms with Gasteiger partial charge in [-0.15, -0.1) is 0 Å². The predicted molar refractivity (Wildman–Crippen MR) is 105 cm³/mol. The molecule has 0 bridgehead atoms. The first kappa shape index (κ1) is 20.1. The highest BCUT2D eigenvalue weighted by atomic mass is 19.1. The molecule has 0 spiro atoms. The van der Waals surface area contributed by atoms with Gasteiger partial charge >= 0.3 is 0 Å². The van der Waals surface area contributed by atoms with Crippen molar-refractivity contribution in [1.82, 2.24) is 4.90 Å². The summed E-state index contributed by atoms with van der Waals surface area (Å²) in [6.45, 7) is 1.84. The molecule has 1 N–H and O–H groups in total. The highest BCUT2D eigenvalue weighted by Crippen LogP contribution is 2.33. The summed E-state index contributed by atoms with van der Waals surface area (Å²) in [4.78, 5) is 28.8. The van der Waals surface area contributed by atoms with Crippen molar-refractivity contribution in [3.63, 3.8) is 0 Å². The van der Waals surface area contributed by atoms with Crippen LogP contribution in [0.5, 0.6) is 5.75 Å². The molecule has 0 radical (unpaired) electrons. The number of benzene rings is 2. The van der Waals surface area contributed by atoms with Gasteiger partial charge in [0.15, 0.2) is 6.10 Å². The Morgan fingerprint density at radius 1 is 1.03 bits per heavy atom. The number of halogens is 2. The Morgan fingerprint density at radius 2 is 1.73 bits per heavy atom. The van der Waals surface area contributed by atoms with E-state index >= 15 is 0 Å². The molecule has 0 saturated carbocycles. The number of hydrogen-bond acceptors (Lipinski definition) is 5. The lowest BCUT2D eigenvalue weighted by Gasteiger charge is -2.38. The number of rotatable bonds is 4. The third kappa shape index (κ3) is 4.20. The van der Waals surface area contributed by atoms with E-state index in [0.717, 1.165) is 12.1 Å². The van der Waals surface area contributed by atoms with Gasteiger partial charge in [0.05, 0.1) is 32.0 Å². The summed E-state index contributed by atoms with van der Waals surface area (Å²) < 4.78 is 38.9. The van der Waals surface area contributed by atoms with E-state index in [4.69, 9.17) is 9.47 Å². The van der Waals surface area contributed by atoms with Crippen LogP contribution in [0.15, 0.2) is 42.5 Å². The van der Waals surface area contributed by atoms with Crippen molar-refractivity contribution >= 4 is 23.2 Å². The van der Waals surface area contributed by atoms with Crippen LogP contribution in [-0.2, 0) is 14.3 Å². The van der Waals surface area contributed by atoms with Crippen LogP contribution >= 0.6 is 0 Å². The van der Waals surface area contributed by atoms with Crippen LogP contribution in [0.1, 0.15) is 0 Å². The molecule has 2 amide bonds. The zero-order valence-corrected chi connectivity index (χ0v) is 16.1. The molecule has 158 valence electrons. The first-order valence-corrected chi connectivity index (χ1v) is 9.64. The van der Waals surface area contributed by atoms with Gasteiger partial charge in [0.1, 0.15) is 23.1 Å². The van der Waals surface area contributed by atoms with Gasteiger partial charge in [0.2, 0.25) is 5.91 Å². The molecule has 1 fully saturated rings. The van der Waals surface area contributed by atoms with E-state index in [1.807, 2.05) is 0 Å². The van der Waals surface area contributed by atoms with Gasteiger partial charge in [-0.2, -0.15) is 0 Å². The van der Waals surface area contributed by atoms with Gasteiger partial charge < -0.3 is 24.6 Å². The smallest absolute Gasteiger partial charge is 0.265 e. The molecule has 9 heteroatoms. The maximum absolute atomic E-state index is 13.9. The number of hydrogen-bond donors (Lipinski definition) is 1. The molecule has 1 atom stereocenters. The molecule has 4 rings (SSSR count). The Labute approximate surface area is 172 Å². The fraction of sp³-hybridized carbons (Fsp3) is 0.333. The average molecular weight is 417 g/mol. The molecule has 0 aliphatic carbocycles. The number of morpholine rings is 1. The maximum Gasteiger partial charge on any atom is 0.265 e. The van der Waals surface area contributed by atoms with Crippen LogP contribution < -0.4 is 15.0 Å². The number of amides is 2. The van der Waals surface area contributed by atoms with E-state index in [2.05, 4.69) is 5.32 Å². The molecular weight excluding hydrogens is 396 g/mol. The first-order valence-electron chi connectivity index (χ1n) is 9.64. The third-order valence-corrected chi connectivity index (χ3v) is 5.02. The van der Waals surface area contributed by atoms with Crippen LogP contribution in [0.2, 0.25) is 0 Å². The Hall–Kier alpha value is -3.20. The number of anilines is 2. The van der Waals surface area contributed by atoms with E-state index in [0.29, 0.717) is 37.7 Å². The van der Waals surface area contributed by atoms with Crippen molar-refractivity contribution in [3.05, 3.63) is 54.1 Å². The molecule has 2 aliphatic heterocycles. The zero-order valence-electron chi connectivity index (χ0n) is 16.1. The molecule has 0 unspecified atom stereocenters. The average Bonchev–Trinajstić information content (AvgIpc) is 2.76. The molecule has 0 aromatic heterocycles. The summed E-state index contributed by atoms with van der Waals surface area (Å²) in [6.07, 6.45) is -0.795. The highest BCUT2D eigenvalue weighted by molar-refractivity contribution is 5.95. The fourth-order valence-corrected chi connectivity index (χ4v) is 3.54. The van der Waals surface area contributed by atoms with Crippen molar-refractivity contribution in [2.45, 2.75) is 6.10 Å². The number of ether oxygens (including phenoxy) is 2. The van der Waals surface area contributed by atoms with Gasteiger partial charge in [0, 0.05) is 13.1 Å². The van der Waals surface area contributed by atoms with Crippen molar-refractivity contribution in [2.75, 3.05) is 49.6 Å². The standard InChI is InChI=1S/C21H21F2N3O4/c22-14-4-3-5-15(23)20(14)24-19(27)13-26-12-18(21(28)25-8-10-29-11-9-25)30-17-7-2-1-6-16(17)26/h1-7,18H,8-13H2,(H,24,27)/t18-/m0/s1. The largest absolute Gasteiger partial charge is 0.477 e. The van der Waals surface area contributed by atoms with Crippen LogP contribution in [0.4, 0.5) is 20.2 Å². The number of nitrogens with zero attached hydrogens (tertiary/aromatic N) is 2. The van der Waals surface area contributed by atoms with E-state index in [1.165, 1.54) is 6.07 Å². The Balaban J connectivity index is 1.51. The fourth-order valence-electron chi connectivity index (χ4n) is 3.54. The molecule has 1 saturated heterocycles. The van der Waals surface area contributed by atoms with Crippen LogP contribution in [0.25, 0.3) is 0 Å². The van der Waals surface area contributed by atoms with Crippen LogP contribution in [0, 0.1) is 11.6 Å². The SMILES string of the molecule is O=C(CN1C[C@@H](C(=O)N2CCOCC2)Oc2ccccc21)Nc1c(F)cccc1F. The van der Waals surface area contributed by atoms with Gasteiger partial charge in [-0.25, -0.2) is 8.78 Å². The summed E-state index contributed by atoms with van der Waals surface area (Å²) in [6, 6.07) is 10.4. The van der Waals surface area contributed by atoms with Crippen LogP contribution in [0.3, 0.4) is 0 Å². The van der Waals surface area contributed by atoms with E-state index < -0.39 is 29.3 Å². The van der Waals surface area contributed by atoms with Crippen molar-refractivity contribution < 1.29 is 27.8 Å². The number of carbonyl (C=O) groups excluding carboxylic acids is 2. The Bertz CT molecular complexity index is 929. The normalized spacial score (nSPS) is 18.4. The minimum Gasteiger partial charge on any atom is -0.477 e. The van der Waals surface area contributed by atoms with Gasteiger partial charge in [0.25, 0.3) is 5.91 Å². The summed E-state index contributed by atoms with van der Waals surface area (Å²) in [7, 11) is 0. The maximum atomic E-state index is 13.9. The lowest BCUT2D eigenvalue weighted by molar-refractivity contribution is -0.142. The number of carbonyl (C=O) groups is 2. The van der Waals surface area contributed by atoms with Crippen molar-refractivity contribution in [1.29, 1.82) is 0 Å². The summed E-state index contributed by atoms with van der Waals surface area (Å²) in [5.41, 5.74) is 0.137. The quantitative estimate of drug-likeness (QED) is 0.825. The van der Waals surface area contributed by atoms with Gasteiger partial charge in [-0.1, -0.05) is 18.2 Å². The van der Waals surface area contributed by atoms with Gasteiger partial charge in [-0.3, -0.25) is 9.59 Å². The lowest BCUT2D eigenvalue weighted by Crippen LogP contribution is -2.53. The minimum absolute atomic E-state index is 0.139. The third-order valence-electron chi connectivity index (χ3n) is 5.02. The van der Waals surface area contributed by atoms with Crippen molar-refractivity contribution in [3.8, 4) is 5.75 Å². The van der Waals surface area contributed by atoms with E-state index in [9.17, 15) is 18.4 Å². The second kappa shape index (κ2) is 8.66. The van der Waals surface area contributed by atoms with Crippen molar-refractivity contribution in [2.24, 2.45) is 0 Å². The minimum atomic E-state index is -0.855. The zero-order chi connectivity index (χ0) is 21.1. The molecule has 2 heterocycles. The number of fused-ring (bicyclic) bond motifs is 1. The Kier molecular flexibility index (Phi) is 5.80. The van der Waals surface area contributed by atoms with E-state index in [1.54, 1.807) is 34.1 Å². The van der Waals surface area contributed by atoms with Crippen LogP contribution in [-0.4, -0.2) is 62.2 Å². The first-order chi connectivity index (χ1) is 14.5. The van der Waals surface area contributed by atoms with Gasteiger partial charge in [-0.05, 0) is 24.3 Å².